The molecule has 0 aromatic carbocycles. The van der Waals surface area contributed by atoms with Crippen molar-refractivity contribution in [2.24, 2.45) is 0 Å². The quantitative estimate of drug-likeness (QED) is 0.615. The van der Waals surface area contributed by atoms with Gasteiger partial charge in [-0.25, -0.2) is 9.37 Å². The Kier molecular flexibility index (Phi) is 4.50. The van der Waals surface area contributed by atoms with Gasteiger partial charge in [0.1, 0.15) is 6.67 Å². The molecule has 1 heterocycles. The number of nitriles is 1. The van der Waals surface area contributed by atoms with Crippen LogP contribution in [0.3, 0.4) is 0 Å². The molecule has 92 valence electrons. The Hall–Kier alpha value is -1.11. The zero-order chi connectivity index (χ0) is 13.1. The summed E-state index contributed by atoms with van der Waals surface area (Å²) in [5.41, 5.74) is 0.0601. The molecule has 0 unspecified atom stereocenters. The molecule has 8 heteroatoms. The van der Waals surface area contributed by atoms with Gasteiger partial charge >= 0.3 is 6.36 Å². The van der Waals surface area contributed by atoms with Crippen LogP contribution in [0.4, 0.5) is 17.6 Å². The van der Waals surface area contributed by atoms with Crippen molar-refractivity contribution in [3.63, 3.8) is 0 Å². The SMILES string of the molecule is N#CCc1cc(CF)nc(OC(F)(F)F)c1I. The molecule has 1 aromatic rings. The van der Waals surface area contributed by atoms with Crippen LogP contribution < -0.4 is 4.74 Å². The lowest BCUT2D eigenvalue weighted by Gasteiger charge is -2.12. The maximum Gasteiger partial charge on any atom is 0.574 e. The van der Waals surface area contributed by atoms with E-state index in [9.17, 15) is 17.6 Å². The van der Waals surface area contributed by atoms with Gasteiger partial charge in [-0.05, 0) is 34.2 Å². The zero-order valence-electron chi connectivity index (χ0n) is 8.18. The topological polar surface area (TPSA) is 45.9 Å². The van der Waals surface area contributed by atoms with Crippen molar-refractivity contribution < 1.29 is 22.3 Å². The van der Waals surface area contributed by atoms with Crippen LogP contribution in [-0.2, 0) is 13.1 Å². The van der Waals surface area contributed by atoms with E-state index in [1.165, 1.54) is 6.07 Å². The zero-order valence-corrected chi connectivity index (χ0v) is 10.3. The van der Waals surface area contributed by atoms with Gasteiger partial charge in [-0.1, -0.05) is 0 Å². The molecule has 0 aliphatic carbocycles. The number of alkyl halides is 4. The van der Waals surface area contributed by atoms with Gasteiger partial charge in [0.25, 0.3) is 0 Å². The van der Waals surface area contributed by atoms with Gasteiger partial charge in [-0.3, -0.25) is 0 Å². The summed E-state index contributed by atoms with van der Waals surface area (Å²) in [6, 6.07) is 3.02. The Bertz CT molecular complexity index is 456. The third kappa shape index (κ3) is 3.99. The Balaban J connectivity index is 3.20. The maximum absolute atomic E-state index is 12.4. The van der Waals surface area contributed by atoms with Crippen molar-refractivity contribution in [3.8, 4) is 11.9 Å². The van der Waals surface area contributed by atoms with E-state index >= 15 is 0 Å². The molecule has 1 rings (SSSR count). The molecule has 1 aromatic heterocycles. The first-order valence-corrected chi connectivity index (χ1v) is 5.32. The average molecular weight is 360 g/mol. The van der Waals surface area contributed by atoms with Gasteiger partial charge in [0.15, 0.2) is 0 Å². The third-order valence-corrected chi connectivity index (χ3v) is 2.83. The van der Waals surface area contributed by atoms with Crippen LogP contribution in [-0.4, -0.2) is 11.3 Å². The van der Waals surface area contributed by atoms with Crippen LogP contribution in [0.2, 0.25) is 0 Å². The molecule has 0 aliphatic rings. The van der Waals surface area contributed by atoms with Crippen LogP contribution in [0.25, 0.3) is 0 Å². The summed E-state index contributed by atoms with van der Waals surface area (Å²) in [7, 11) is 0. The first kappa shape index (κ1) is 14.0. The largest absolute Gasteiger partial charge is 0.574 e. The number of nitrogens with zero attached hydrogens (tertiary/aromatic N) is 2. The highest BCUT2D eigenvalue weighted by Gasteiger charge is 2.33. The normalized spacial score (nSPS) is 11.1. The molecule has 17 heavy (non-hydrogen) atoms. The molecule has 0 amide bonds. The minimum Gasteiger partial charge on any atom is -0.387 e. The first-order valence-electron chi connectivity index (χ1n) is 4.24. The highest BCUT2D eigenvalue weighted by atomic mass is 127. The standard InChI is InChI=1S/C9H5F4IN2O/c10-4-6-3-5(1-2-15)7(14)8(16-6)17-9(11,12)13/h3H,1,4H2. The molecule has 0 spiro atoms. The molecular formula is C9H5F4IN2O. The summed E-state index contributed by atoms with van der Waals surface area (Å²) in [5, 5.41) is 8.50. The fourth-order valence-corrected chi connectivity index (χ4v) is 1.65. The molecule has 0 atom stereocenters. The molecule has 0 saturated heterocycles. The van der Waals surface area contributed by atoms with Crippen molar-refractivity contribution in [1.29, 1.82) is 5.26 Å². The van der Waals surface area contributed by atoms with Crippen molar-refractivity contribution in [1.82, 2.24) is 4.98 Å². The number of hydrogen-bond donors (Lipinski definition) is 0. The van der Waals surface area contributed by atoms with E-state index in [0.29, 0.717) is 0 Å². The summed E-state index contributed by atoms with van der Waals surface area (Å²) in [6.45, 7) is -1.02. The summed E-state index contributed by atoms with van der Waals surface area (Å²) in [6.07, 6.45) is -5.03. The molecular weight excluding hydrogens is 355 g/mol. The molecule has 0 fully saturated rings. The molecule has 0 bridgehead atoms. The Labute approximate surface area is 108 Å². The lowest BCUT2D eigenvalue weighted by molar-refractivity contribution is -0.276. The molecule has 0 N–H and O–H groups in total. The van der Waals surface area contributed by atoms with Gasteiger partial charge in [0, 0.05) is 0 Å². The van der Waals surface area contributed by atoms with Crippen molar-refractivity contribution >= 4 is 22.6 Å². The first-order chi connectivity index (χ1) is 7.87. The predicted octanol–water partition coefficient (Wildman–Crippen LogP) is 3.12. The molecule has 0 radical (unpaired) electrons. The van der Waals surface area contributed by atoms with E-state index in [2.05, 4.69) is 9.72 Å². The lowest BCUT2D eigenvalue weighted by atomic mass is 10.2. The number of aromatic nitrogens is 1. The Morgan fingerprint density at radius 1 is 1.47 bits per heavy atom. The minimum atomic E-state index is -4.90. The third-order valence-electron chi connectivity index (χ3n) is 1.67. The lowest BCUT2D eigenvalue weighted by Crippen LogP contribution is -2.19. The fourth-order valence-electron chi connectivity index (χ4n) is 1.07. The van der Waals surface area contributed by atoms with Crippen LogP contribution in [0.1, 0.15) is 11.3 Å². The van der Waals surface area contributed by atoms with Gasteiger partial charge in [-0.2, -0.15) is 5.26 Å². The molecule has 0 saturated carbocycles. The average Bonchev–Trinajstić information content (AvgIpc) is 2.22. The summed E-state index contributed by atoms with van der Waals surface area (Å²) in [5.74, 6) is -0.724. The van der Waals surface area contributed by atoms with Gasteiger partial charge < -0.3 is 4.74 Å². The van der Waals surface area contributed by atoms with Crippen LogP contribution in [0, 0.1) is 14.9 Å². The predicted molar refractivity (Wildman–Crippen MR) is 57.8 cm³/mol. The molecule has 3 nitrogen and oxygen atoms in total. The van der Waals surface area contributed by atoms with E-state index in [-0.39, 0.29) is 21.2 Å². The highest BCUT2D eigenvalue weighted by molar-refractivity contribution is 14.1. The van der Waals surface area contributed by atoms with Crippen molar-refractivity contribution in [2.45, 2.75) is 19.5 Å². The number of halogens is 5. The second kappa shape index (κ2) is 5.48. The van der Waals surface area contributed by atoms with E-state index < -0.39 is 18.9 Å². The number of pyridine rings is 1. The van der Waals surface area contributed by atoms with E-state index in [0.717, 1.165) is 0 Å². The van der Waals surface area contributed by atoms with Crippen molar-refractivity contribution in [2.75, 3.05) is 0 Å². The van der Waals surface area contributed by atoms with Crippen molar-refractivity contribution in [3.05, 3.63) is 20.9 Å². The Morgan fingerprint density at radius 2 is 2.12 bits per heavy atom. The smallest absolute Gasteiger partial charge is 0.387 e. The number of ether oxygens (including phenoxy) is 1. The summed E-state index contributed by atoms with van der Waals surface area (Å²) < 4.78 is 52.3. The van der Waals surface area contributed by atoms with E-state index in [1.54, 1.807) is 28.7 Å². The number of hydrogen-bond acceptors (Lipinski definition) is 3. The minimum absolute atomic E-state index is 0.0543. The maximum atomic E-state index is 12.4. The monoisotopic (exact) mass is 360 g/mol. The van der Waals surface area contributed by atoms with Gasteiger partial charge in [0.2, 0.25) is 5.88 Å². The number of rotatable bonds is 3. The van der Waals surface area contributed by atoms with Crippen LogP contribution >= 0.6 is 22.6 Å². The fraction of sp³-hybridized carbons (Fsp3) is 0.333. The summed E-state index contributed by atoms with van der Waals surface area (Å²) >= 11 is 1.58. The Morgan fingerprint density at radius 3 is 2.59 bits per heavy atom. The van der Waals surface area contributed by atoms with Crippen LogP contribution in [0.5, 0.6) is 5.88 Å². The summed E-state index contributed by atoms with van der Waals surface area (Å²) in [4.78, 5) is 3.38. The molecule has 0 aliphatic heterocycles. The van der Waals surface area contributed by atoms with Gasteiger partial charge in [-0.15, -0.1) is 13.2 Å². The van der Waals surface area contributed by atoms with E-state index in [1.807, 2.05) is 0 Å². The van der Waals surface area contributed by atoms with Crippen LogP contribution in [0.15, 0.2) is 6.07 Å². The van der Waals surface area contributed by atoms with Gasteiger partial charge in [0.05, 0.1) is 21.8 Å². The second-order valence-electron chi connectivity index (χ2n) is 2.91. The highest BCUT2D eigenvalue weighted by Crippen LogP contribution is 2.29. The van der Waals surface area contributed by atoms with E-state index in [4.69, 9.17) is 5.26 Å². The second-order valence-corrected chi connectivity index (χ2v) is 3.99.